The summed E-state index contributed by atoms with van der Waals surface area (Å²) in [6.45, 7) is 7.28. The topological polar surface area (TPSA) is 38.9 Å². The molecule has 0 amide bonds. The summed E-state index contributed by atoms with van der Waals surface area (Å²) in [6, 6.07) is 0.492. The largest absolute Gasteiger partial charge is 0.309 e. The van der Waals surface area contributed by atoms with Gasteiger partial charge in [-0.25, -0.2) is 9.67 Å². The third-order valence-corrected chi connectivity index (χ3v) is 4.53. The Morgan fingerprint density at radius 1 is 1.30 bits per heavy atom. The van der Waals surface area contributed by atoms with Crippen LogP contribution in [0.5, 0.6) is 0 Å². The Bertz CT molecular complexity index is 607. The number of fused-ring (bicyclic) bond motifs is 1. The molecule has 1 aliphatic heterocycles. The first kappa shape index (κ1) is 13.9. The maximum absolute atomic E-state index is 6.13. The van der Waals surface area contributed by atoms with Gasteiger partial charge in [0.05, 0.1) is 11.6 Å². The molecule has 0 radical (unpaired) electrons. The van der Waals surface area contributed by atoms with Gasteiger partial charge in [-0.15, -0.1) is 11.6 Å². The summed E-state index contributed by atoms with van der Waals surface area (Å²) in [5.74, 6) is 1.45. The van der Waals surface area contributed by atoms with Crippen LogP contribution in [0.15, 0.2) is 0 Å². The fourth-order valence-corrected chi connectivity index (χ4v) is 3.37. The number of rotatable bonds is 3. The van der Waals surface area contributed by atoms with E-state index in [9.17, 15) is 0 Å². The number of likely N-dealkylation sites (tertiary alicyclic amines) is 1. The third kappa shape index (κ3) is 2.13. The van der Waals surface area contributed by atoms with Crippen molar-refractivity contribution >= 4 is 22.8 Å². The van der Waals surface area contributed by atoms with Gasteiger partial charge >= 0.3 is 0 Å². The summed E-state index contributed by atoms with van der Waals surface area (Å²) in [7, 11) is 2.18. The molecule has 5 nitrogen and oxygen atoms in total. The van der Waals surface area contributed by atoms with Crippen LogP contribution < -0.4 is 0 Å². The molecule has 0 spiro atoms. The van der Waals surface area contributed by atoms with Crippen molar-refractivity contribution in [2.75, 3.05) is 20.1 Å². The Balaban J connectivity index is 2.11. The quantitative estimate of drug-likeness (QED) is 0.817. The molecule has 0 N–H and O–H groups in total. The summed E-state index contributed by atoms with van der Waals surface area (Å²) in [4.78, 5) is 7.11. The van der Waals surface area contributed by atoms with Gasteiger partial charge in [-0.2, -0.15) is 5.10 Å². The van der Waals surface area contributed by atoms with Gasteiger partial charge in [0.15, 0.2) is 5.65 Å². The number of hydrogen-bond donors (Lipinski definition) is 0. The van der Waals surface area contributed by atoms with Crippen LogP contribution >= 0.6 is 11.6 Å². The second-order valence-corrected chi connectivity index (χ2v) is 5.91. The van der Waals surface area contributed by atoms with Crippen LogP contribution in [0, 0.1) is 6.92 Å². The third-order valence-electron chi connectivity index (χ3n) is 4.29. The van der Waals surface area contributed by atoms with Crippen molar-refractivity contribution in [3.63, 3.8) is 0 Å². The fourth-order valence-electron chi connectivity index (χ4n) is 3.19. The Labute approximate surface area is 124 Å². The van der Waals surface area contributed by atoms with E-state index in [1.165, 1.54) is 0 Å². The van der Waals surface area contributed by atoms with E-state index in [4.69, 9.17) is 16.6 Å². The molecule has 0 aliphatic carbocycles. The maximum atomic E-state index is 6.13. The van der Waals surface area contributed by atoms with E-state index in [1.807, 2.05) is 6.92 Å². The second kappa shape index (κ2) is 5.37. The first-order valence-corrected chi connectivity index (χ1v) is 7.87. The molecule has 3 rings (SSSR count). The number of imidazole rings is 1. The Morgan fingerprint density at radius 2 is 2.00 bits per heavy atom. The van der Waals surface area contributed by atoms with Crippen molar-refractivity contribution in [2.45, 2.75) is 45.2 Å². The van der Waals surface area contributed by atoms with Crippen LogP contribution in [0.4, 0.5) is 0 Å². The predicted molar refractivity (Wildman–Crippen MR) is 81.3 cm³/mol. The minimum atomic E-state index is 0.462. The number of nitrogens with zero attached hydrogens (tertiary/aromatic N) is 5. The molecule has 1 fully saturated rings. The molecule has 0 atom stereocenters. The average molecular weight is 296 g/mol. The smallest absolute Gasteiger partial charge is 0.159 e. The Kier molecular flexibility index (Phi) is 3.73. The van der Waals surface area contributed by atoms with E-state index in [2.05, 4.69) is 33.2 Å². The molecule has 0 saturated carbocycles. The van der Waals surface area contributed by atoms with Gasteiger partial charge < -0.3 is 9.47 Å². The van der Waals surface area contributed by atoms with E-state index in [1.54, 1.807) is 0 Å². The van der Waals surface area contributed by atoms with E-state index >= 15 is 0 Å². The van der Waals surface area contributed by atoms with Crippen LogP contribution in [0.25, 0.3) is 11.2 Å². The Hall–Kier alpha value is -1.07. The number of aryl methyl sites for hydroxylation is 2. The molecule has 0 unspecified atom stereocenters. The lowest BCUT2D eigenvalue weighted by Gasteiger charge is -2.31. The van der Waals surface area contributed by atoms with Crippen molar-refractivity contribution < 1.29 is 0 Å². The minimum Gasteiger partial charge on any atom is -0.309 e. The number of piperidine rings is 1. The maximum Gasteiger partial charge on any atom is 0.159 e. The fraction of sp³-hybridized carbons (Fsp3) is 0.714. The van der Waals surface area contributed by atoms with E-state index in [-0.39, 0.29) is 0 Å². The molecule has 20 heavy (non-hydrogen) atoms. The van der Waals surface area contributed by atoms with E-state index < -0.39 is 0 Å². The highest BCUT2D eigenvalue weighted by molar-refractivity contribution is 6.16. The lowest BCUT2D eigenvalue weighted by molar-refractivity contribution is 0.221. The molecule has 3 heterocycles. The molecule has 2 aromatic rings. The summed E-state index contributed by atoms with van der Waals surface area (Å²) in [5, 5.41) is 4.59. The van der Waals surface area contributed by atoms with Gasteiger partial charge in [-0.1, -0.05) is 0 Å². The van der Waals surface area contributed by atoms with Crippen LogP contribution in [0.1, 0.15) is 37.3 Å². The summed E-state index contributed by atoms with van der Waals surface area (Å²) in [6.07, 6.45) is 2.31. The monoisotopic (exact) mass is 295 g/mol. The standard InChI is InChI=1S/C14H22ClN5/c1-4-19-14-13(10(2)17-19)16-12(9-15)20(14)11-5-7-18(3)8-6-11/h11H,4-9H2,1-3H3. The highest BCUT2D eigenvalue weighted by Gasteiger charge is 2.25. The molecule has 1 aliphatic rings. The highest BCUT2D eigenvalue weighted by Crippen LogP contribution is 2.30. The van der Waals surface area contributed by atoms with Crippen molar-refractivity contribution in [3.05, 3.63) is 11.5 Å². The van der Waals surface area contributed by atoms with Gasteiger partial charge in [0, 0.05) is 12.6 Å². The van der Waals surface area contributed by atoms with Crippen LogP contribution in [-0.4, -0.2) is 44.4 Å². The number of hydrogen-bond acceptors (Lipinski definition) is 3. The van der Waals surface area contributed by atoms with Crippen molar-refractivity contribution in [3.8, 4) is 0 Å². The average Bonchev–Trinajstić information content (AvgIpc) is 2.97. The number of halogens is 1. The molecule has 0 bridgehead atoms. The first-order valence-electron chi connectivity index (χ1n) is 7.34. The van der Waals surface area contributed by atoms with Crippen LogP contribution in [-0.2, 0) is 12.4 Å². The van der Waals surface area contributed by atoms with Gasteiger partial charge in [0.1, 0.15) is 11.3 Å². The zero-order chi connectivity index (χ0) is 14.3. The normalized spacial score (nSPS) is 18.2. The summed E-state index contributed by atoms with van der Waals surface area (Å²) < 4.78 is 4.41. The second-order valence-electron chi connectivity index (χ2n) is 5.64. The zero-order valence-corrected chi connectivity index (χ0v) is 13.2. The SMILES string of the molecule is CCn1nc(C)c2nc(CCl)n(C3CCN(C)CC3)c21. The van der Waals surface area contributed by atoms with E-state index in [0.29, 0.717) is 11.9 Å². The van der Waals surface area contributed by atoms with Crippen molar-refractivity contribution in [2.24, 2.45) is 0 Å². The molecular weight excluding hydrogens is 274 g/mol. The molecule has 110 valence electrons. The molecule has 6 heteroatoms. The zero-order valence-electron chi connectivity index (χ0n) is 12.4. The first-order chi connectivity index (χ1) is 9.65. The van der Waals surface area contributed by atoms with E-state index in [0.717, 1.165) is 55.2 Å². The summed E-state index contributed by atoms with van der Waals surface area (Å²) >= 11 is 6.13. The van der Waals surface area contributed by atoms with Crippen LogP contribution in [0.3, 0.4) is 0 Å². The highest BCUT2D eigenvalue weighted by atomic mass is 35.5. The molecule has 1 saturated heterocycles. The predicted octanol–water partition coefficient (Wildman–Crippen LogP) is 2.57. The molecule has 0 aromatic carbocycles. The van der Waals surface area contributed by atoms with Crippen LogP contribution in [0.2, 0.25) is 0 Å². The number of aromatic nitrogens is 4. The molecule has 2 aromatic heterocycles. The minimum absolute atomic E-state index is 0.462. The Morgan fingerprint density at radius 3 is 2.60 bits per heavy atom. The summed E-state index contributed by atoms with van der Waals surface area (Å²) in [5.41, 5.74) is 3.16. The lowest BCUT2D eigenvalue weighted by Crippen LogP contribution is -2.32. The van der Waals surface area contributed by atoms with Gasteiger partial charge in [-0.05, 0) is 46.8 Å². The molecular formula is C14H22ClN5. The van der Waals surface area contributed by atoms with Crippen molar-refractivity contribution in [1.82, 2.24) is 24.2 Å². The number of alkyl halides is 1. The lowest BCUT2D eigenvalue weighted by atomic mass is 10.1. The van der Waals surface area contributed by atoms with Gasteiger partial charge in [-0.3, -0.25) is 0 Å². The van der Waals surface area contributed by atoms with Gasteiger partial charge in [0.2, 0.25) is 0 Å². The van der Waals surface area contributed by atoms with Gasteiger partial charge in [0.25, 0.3) is 0 Å². The van der Waals surface area contributed by atoms with Crippen molar-refractivity contribution in [1.29, 1.82) is 0 Å².